The molecule has 21 heavy (non-hydrogen) atoms. The molecule has 4 heteroatoms. The van der Waals surface area contributed by atoms with Crippen LogP contribution in [0, 0.1) is 5.82 Å². The molecule has 1 aliphatic carbocycles. The van der Waals surface area contributed by atoms with E-state index in [1.54, 1.807) is 6.07 Å². The highest BCUT2D eigenvalue weighted by Crippen LogP contribution is 2.30. The molecule has 1 saturated carbocycles. The largest absolute Gasteiger partial charge is 0.483 e. The molecule has 3 rings (SSSR count). The van der Waals surface area contributed by atoms with Gasteiger partial charge in [-0.3, -0.25) is 0 Å². The fourth-order valence-corrected chi connectivity index (χ4v) is 2.62. The van der Waals surface area contributed by atoms with Crippen LogP contribution in [0.2, 0.25) is 0 Å². The predicted octanol–water partition coefficient (Wildman–Crippen LogP) is 4.46. The summed E-state index contributed by atoms with van der Waals surface area (Å²) in [6.07, 6.45) is 2.39. The number of hydrogen-bond donors (Lipinski definition) is 1. The van der Waals surface area contributed by atoms with Crippen molar-refractivity contribution in [2.45, 2.75) is 25.0 Å². The average molecular weight is 350 g/mol. The average Bonchev–Trinajstić information content (AvgIpc) is 3.31. The maximum Gasteiger partial charge on any atom is 0.136 e. The van der Waals surface area contributed by atoms with Gasteiger partial charge >= 0.3 is 0 Å². The second kappa shape index (κ2) is 6.58. The van der Waals surface area contributed by atoms with E-state index in [2.05, 4.69) is 33.4 Å². The Bertz CT molecular complexity index is 601. The van der Waals surface area contributed by atoms with Crippen molar-refractivity contribution in [2.24, 2.45) is 0 Å². The summed E-state index contributed by atoms with van der Waals surface area (Å²) in [5, 5.41) is 3.49. The predicted molar refractivity (Wildman–Crippen MR) is 84.9 cm³/mol. The summed E-state index contributed by atoms with van der Waals surface area (Å²) in [6, 6.07) is 15.2. The van der Waals surface area contributed by atoms with Crippen LogP contribution in [0.3, 0.4) is 0 Å². The summed E-state index contributed by atoms with van der Waals surface area (Å²) in [6.45, 7) is 0.749. The Kier molecular flexibility index (Phi) is 4.56. The van der Waals surface area contributed by atoms with Gasteiger partial charge in [-0.25, -0.2) is 4.39 Å². The highest BCUT2D eigenvalue weighted by atomic mass is 79.9. The lowest BCUT2D eigenvalue weighted by Crippen LogP contribution is -2.26. The van der Waals surface area contributed by atoms with Gasteiger partial charge in [-0.2, -0.15) is 0 Å². The summed E-state index contributed by atoms with van der Waals surface area (Å²) >= 11 is 3.36. The summed E-state index contributed by atoms with van der Waals surface area (Å²) < 4.78 is 19.9. The molecule has 1 fully saturated rings. The SMILES string of the molecule is Fc1ccc(OC(CNC2CC2)c2ccccc2)c(Br)c1. The van der Waals surface area contributed by atoms with E-state index in [0.717, 1.165) is 12.1 Å². The van der Waals surface area contributed by atoms with Crippen molar-refractivity contribution in [1.29, 1.82) is 0 Å². The Morgan fingerprint density at radius 1 is 1.19 bits per heavy atom. The third-order valence-electron chi connectivity index (χ3n) is 3.50. The van der Waals surface area contributed by atoms with E-state index in [1.807, 2.05) is 18.2 Å². The molecule has 0 aliphatic heterocycles. The zero-order valence-electron chi connectivity index (χ0n) is 11.6. The first-order chi connectivity index (χ1) is 10.2. The zero-order chi connectivity index (χ0) is 14.7. The smallest absolute Gasteiger partial charge is 0.136 e. The van der Waals surface area contributed by atoms with E-state index in [4.69, 9.17) is 4.74 Å². The van der Waals surface area contributed by atoms with Crippen molar-refractivity contribution >= 4 is 15.9 Å². The van der Waals surface area contributed by atoms with Crippen LogP contribution in [0.1, 0.15) is 24.5 Å². The molecule has 110 valence electrons. The fourth-order valence-electron chi connectivity index (χ4n) is 2.18. The van der Waals surface area contributed by atoms with E-state index < -0.39 is 0 Å². The molecule has 1 unspecified atom stereocenters. The number of ether oxygens (including phenoxy) is 1. The molecule has 0 bridgehead atoms. The molecule has 0 amide bonds. The molecule has 1 atom stereocenters. The number of nitrogens with one attached hydrogen (secondary N) is 1. The Labute approximate surface area is 132 Å². The van der Waals surface area contributed by atoms with Crippen LogP contribution in [-0.2, 0) is 0 Å². The van der Waals surface area contributed by atoms with Gasteiger partial charge in [-0.05, 0) is 52.5 Å². The van der Waals surface area contributed by atoms with Crippen molar-refractivity contribution in [1.82, 2.24) is 5.32 Å². The molecule has 0 radical (unpaired) electrons. The van der Waals surface area contributed by atoms with E-state index in [0.29, 0.717) is 16.3 Å². The normalized spacial score (nSPS) is 15.7. The maximum atomic E-state index is 13.2. The second-order valence-electron chi connectivity index (χ2n) is 5.27. The highest BCUT2D eigenvalue weighted by molar-refractivity contribution is 9.10. The molecular weight excluding hydrogens is 333 g/mol. The van der Waals surface area contributed by atoms with Crippen LogP contribution >= 0.6 is 15.9 Å². The second-order valence-corrected chi connectivity index (χ2v) is 6.13. The van der Waals surface area contributed by atoms with E-state index in [9.17, 15) is 4.39 Å². The van der Waals surface area contributed by atoms with Crippen molar-refractivity contribution in [3.63, 3.8) is 0 Å². The number of hydrogen-bond acceptors (Lipinski definition) is 2. The van der Waals surface area contributed by atoms with Crippen molar-refractivity contribution in [2.75, 3.05) is 6.54 Å². The molecule has 0 saturated heterocycles. The molecule has 1 N–H and O–H groups in total. The maximum absolute atomic E-state index is 13.2. The summed E-state index contributed by atoms with van der Waals surface area (Å²) in [5.41, 5.74) is 1.11. The standard InChI is InChI=1S/C17H17BrFNO/c18-15-10-13(19)6-9-16(15)21-17(11-20-14-7-8-14)12-4-2-1-3-5-12/h1-6,9-10,14,17,20H,7-8,11H2. The van der Waals surface area contributed by atoms with Gasteiger partial charge in [0, 0.05) is 12.6 Å². The fraction of sp³-hybridized carbons (Fsp3) is 0.294. The Morgan fingerprint density at radius 2 is 1.95 bits per heavy atom. The third-order valence-corrected chi connectivity index (χ3v) is 4.12. The third kappa shape index (κ3) is 4.05. The first-order valence-electron chi connectivity index (χ1n) is 7.12. The Morgan fingerprint density at radius 3 is 2.62 bits per heavy atom. The van der Waals surface area contributed by atoms with Gasteiger partial charge in [0.05, 0.1) is 4.47 Å². The van der Waals surface area contributed by atoms with Gasteiger partial charge in [0.2, 0.25) is 0 Å². The Balaban J connectivity index is 1.77. The topological polar surface area (TPSA) is 21.3 Å². The molecule has 0 spiro atoms. The quantitative estimate of drug-likeness (QED) is 0.831. The molecule has 1 aliphatic rings. The van der Waals surface area contributed by atoms with Crippen LogP contribution in [0.5, 0.6) is 5.75 Å². The first kappa shape index (κ1) is 14.5. The highest BCUT2D eigenvalue weighted by Gasteiger charge is 2.23. The number of benzene rings is 2. The van der Waals surface area contributed by atoms with Crippen LogP contribution in [-0.4, -0.2) is 12.6 Å². The van der Waals surface area contributed by atoms with Gasteiger partial charge < -0.3 is 10.1 Å². The van der Waals surface area contributed by atoms with Crippen LogP contribution in [0.15, 0.2) is 53.0 Å². The number of rotatable bonds is 6. The van der Waals surface area contributed by atoms with Crippen molar-refractivity contribution < 1.29 is 9.13 Å². The van der Waals surface area contributed by atoms with Gasteiger partial charge in [0.1, 0.15) is 17.7 Å². The van der Waals surface area contributed by atoms with Gasteiger partial charge in [-0.15, -0.1) is 0 Å². The molecule has 2 nitrogen and oxygen atoms in total. The number of halogens is 2. The van der Waals surface area contributed by atoms with Gasteiger partial charge in [0.25, 0.3) is 0 Å². The van der Waals surface area contributed by atoms with Crippen LogP contribution < -0.4 is 10.1 Å². The van der Waals surface area contributed by atoms with Crippen molar-refractivity contribution in [3.8, 4) is 5.75 Å². The lowest BCUT2D eigenvalue weighted by atomic mass is 10.1. The lowest BCUT2D eigenvalue weighted by Gasteiger charge is -2.21. The summed E-state index contributed by atoms with van der Waals surface area (Å²) in [4.78, 5) is 0. The molecule has 2 aromatic rings. The van der Waals surface area contributed by atoms with Crippen LogP contribution in [0.4, 0.5) is 4.39 Å². The molecule has 2 aromatic carbocycles. The van der Waals surface area contributed by atoms with E-state index >= 15 is 0 Å². The minimum Gasteiger partial charge on any atom is -0.483 e. The minimum absolute atomic E-state index is 0.0893. The lowest BCUT2D eigenvalue weighted by molar-refractivity contribution is 0.199. The van der Waals surface area contributed by atoms with Crippen molar-refractivity contribution in [3.05, 3.63) is 64.4 Å². The summed E-state index contributed by atoms with van der Waals surface area (Å²) in [7, 11) is 0. The van der Waals surface area contributed by atoms with E-state index in [-0.39, 0.29) is 11.9 Å². The molecule has 0 aromatic heterocycles. The van der Waals surface area contributed by atoms with E-state index in [1.165, 1.54) is 25.0 Å². The van der Waals surface area contributed by atoms with Gasteiger partial charge in [-0.1, -0.05) is 30.3 Å². The minimum atomic E-state index is -0.276. The monoisotopic (exact) mass is 349 g/mol. The van der Waals surface area contributed by atoms with Crippen LogP contribution in [0.25, 0.3) is 0 Å². The summed E-state index contributed by atoms with van der Waals surface area (Å²) in [5.74, 6) is 0.379. The molecule has 0 heterocycles. The Hall–Kier alpha value is -1.39. The molecular formula is C17H17BrFNO. The van der Waals surface area contributed by atoms with Gasteiger partial charge in [0.15, 0.2) is 0 Å². The zero-order valence-corrected chi connectivity index (χ0v) is 13.1. The first-order valence-corrected chi connectivity index (χ1v) is 7.92.